The number of benzene rings is 3. The number of thioether (sulfide) groups is 1. The van der Waals surface area contributed by atoms with E-state index in [1.165, 1.54) is 16.7 Å². The predicted octanol–water partition coefficient (Wildman–Crippen LogP) is 6.77. The maximum absolute atomic E-state index is 13.9. The number of aromatic nitrogens is 1. The highest BCUT2D eigenvalue weighted by atomic mass is 35.5. The highest BCUT2D eigenvalue weighted by molar-refractivity contribution is 8.00. The molecule has 3 heterocycles. The first-order valence-corrected chi connectivity index (χ1v) is 14.3. The fraction of sp³-hybridized carbons (Fsp3) is 0.148. The summed E-state index contributed by atoms with van der Waals surface area (Å²) in [6, 6.07) is 19.1. The number of amides is 2. The number of carbonyl (C=O) groups is 2. The molecule has 2 unspecified atom stereocenters. The number of aromatic amines is 1. The molecule has 4 aromatic rings. The lowest BCUT2D eigenvalue weighted by atomic mass is 9.82. The highest BCUT2D eigenvalue weighted by Crippen LogP contribution is 2.54. The third-order valence-electron chi connectivity index (χ3n) is 6.50. The van der Waals surface area contributed by atoms with Crippen LogP contribution >= 0.6 is 57.9 Å². The topological polar surface area (TPSA) is 79.5 Å². The van der Waals surface area contributed by atoms with Crippen LogP contribution in [0.3, 0.4) is 0 Å². The zero-order chi connectivity index (χ0) is 26.6. The van der Waals surface area contributed by atoms with E-state index in [1.54, 1.807) is 48.5 Å². The summed E-state index contributed by atoms with van der Waals surface area (Å²) >= 11 is 20.8. The maximum atomic E-state index is 13.9. The van der Waals surface area contributed by atoms with E-state index in [2.05, 4.69) is 4.98 Å². The molecule has 0 spiro atoms. The number of ether oxygens (including phenoxy) is 1. The third kappa shape index (κ3) is 4.54. The van der Waals surface area contributed by atoms with Crippen LogP contribution in [0, 0.1) is 5.92 Å². The highest BCUT2D eigenvalue weighted by Gasteiger charge is 2.56. The Morgan fingerprint density at radius 1 is 0.868 bits per heavy atom. The number of halogens is 3. The molecule has 1 N–H and O–H groups in total. The summed E-state index contributed by atoms with van der Waals surface area (Å²) in [6.45, 7) is 0.227. The van der Waals surface area contributed by atoms with E-state index in [0.29, 0.717) is 42.0 Å². The molecule has 38 heavy (non-hydrogen) atoms. The molecule has 6 rings (SSSR count). The number of hydrogen-bond donors (Lipinski definition) is 1. The molecular weight excluding hydrogens is 587 g/mol. The van der Waals surface area contributed by atoms with Gasteiger partial charge in [-0.05, 0) is 60.2 Å². The van der Waals surface area contributed by atoms with Crippen molar-refractivity contribution in [2.75, 3.05) is 4.90 Å². The van der Waals surface area contributed by atoms with E-state index in [-0.39, 0.29) is 23.3 Å². The second-order valence-electron chi connectivity index (χ2n) is 8.84. The average molecular weight is 604 g/mol. The van der Waals surface area contributed by atoms with Gasteiger partial charge < -0.3 is 9.72 Å². The minimum Gasteiger partial charge on any atom is -0.489 e. The van der Waals surface area contributed by atoms with Crippen LogP contribution in [0.15, 0.2) is 76.6 Å². The van der Waals surface area contributed by atoms with Gasteiger partial charge in [0.1, 0.15) is 17.6 Å². The standard InChI is InChI=1S/C27H17Cl3N2O4S2/c28-14-4-7-17(8-5-14)32-25(33)21-20(22-24(31-27(35)38-22)37-23(21)26(32)34)18-11-16(30)6-9-19(18)36-12-13-2-1-3-15(29)10-13/h1-11,20-21,23H,12H2,(H,31,35)/t20-,21?,23?/m1/s1. The van der Waals surface area contributed by atoms with Crippen LogP contribution in [0.2, 0.25) is 15.1 Å². The molecule has 0 aliphatic carbocycles. The monoisotopic (exact) mass is 602 g/mol. The van der Waals surface area contributed by atoms with Gasteiger partial charge in [0.25, 0.3) is 0 Å². The summed E-state index contributed by atoms with van der Waals surface area (Å²) in [5.74, 6) is -1.59. The number of rotatable bonds is 5. The minimum atomic E-state index is -0.769. The quantitative estimate of drug-likeness (QED) is 0.255. The van der Waals surface area contributed by atoms with Gasteiger partial charge in [-0.3, -0.25) is 14.4 Å². The first-order valence-electron chi connectivity index (χ1n) is 11.5. The van der Waals surface area contributed by atoms with Crippen LogP contribution in [0.25, 0.3) is 0 Å². The van der Waals surface area contributed by atoms with Gasteiger partial charge in [0.15, 0.2) is 0 Å². The molecule has 6 nitrogen and oxygen atoms in total. The number of fused-ring (bicyclic) bond motifs is 2. The molecule has 1 aromatic heterocycles. The Kier molecular flexibility index (Phi) is 6.78. The fourth-order valence-corrected chi connectivity index (χ4v) is 7.90. The number of anilines is 1. The van der Waals surface area contributed by atoms with Crippen LogP contribution in [0.5, 0.6) is 5.75 Å². The molecule has 2 aliphatic rings. The van der Waals surface area contributed by atoms with Crippen molar-refractivity contribution in [1.82, 2.24) is 4.98 Å². The minimum absolute atomic E-state index is 0.227. The Bertz CT molecular complexity index is 1640. The number of nitrogens with one attached hydrogen (secondary N) is 1. The van der Waals surface area contributed by atoms with E-state index in [9.17, 15) is 14.4 Å². The van der Waals surface area contributed by atoms with Gasteiger partial charge in [-0.2, -0.15) is 0 Å². The smallest absolute Gasteiger partial charge is 0.305 e. The summed E-state index contributed by atoms with van der Waals surface area (Å²) in [7, 11) is 0. The van der Waals surface area contributed by atoms with E-state index in [0.717, 1.165) is 16.9 Å². The van der Waals surface area contributed by atoms with Crippen molar-refractivity contribution in [2.45, 2.75) is 22.8 Å². The molecule has 11 heteroatoms. The molecule has 2 amide bonds. The number of imide groups is 1. The van der Waals surface area contributed by atoms with Gasteiger partial charge in [0.05, 0.1) is 16.6 Å². The van der Waals surface area contributed by atoms with Crippen molar-refractivity contribution >= 4 is 75.4 Å². The van der Waals surface area contributed by atoms with E-state index < -0.39 is 17.1 Å². The lowest BCUT2D eigenvalue weighted by Gasteiger charge is -2.31. The van der Waals surface area contributed by atoms with Crippen LogP contribution in [-0.4, -0.2) is 22.0 Å². The first-order chi connectivity index (χ1) is 18.3. The third-order valence-corrected chi connectivity index (χ3v) is 9.62. The summed E-state index contributed by atoms with van der Waals surface area (Å²) in [5, 5.41) is 1.37. The molecule has 0 saturated carbocycles. The average Bonchev–Trinajstić information content (AvgIpc) is 3.38. The Morgan fingerprint density at radius 3 is 2.37 bits per heavy atom. The molecule has 3 atom stereocenters. The molecule has 192 valence electrons. The van der Waals surface area contributed by atoms with E-state index in [4.69, 9.17) is 39.5 Å². The second-order valence-corrected chi connectivity index (χ2v) is 12.3. The predicted molar refractivity (Wildman–Crippen MR) is 151 cm³/mol. The zero-order valence-electron chi connectivity index (χ0n) is 19.3. The van der Waals surface area contributed by atoms with Gasteiger partial charge in [-0.25, -0.2) is 4.90 Å². The van der Waals surface area contributed by atoms with Gasteiger partial charge in [-0.1, -0.05) is 70.0 Å². The molecule has 1 fully saturated rings. The largest absolute Gasteiger partial charge is 0.489 e. The number of H-pyrrole nitrogens is 1. The lowest BCUT2D eigenvalue weighted by molar-refractivity contribution is -0.122. The van der Waals surface area contributed by atoms with Crippen molar-refractivity contribution in [1.29, 1.82) is 0 Å². The van der Waals surface area contributed by atoms with Gasteiger partial charge in [0, 0.05) is 31.4 Å². The molecule has 2 aliphatic heterocycles. The Morgan fingerprint density at radius 2 is 1.61 bits per heavy atom. The second kappa shape index (κ2) is 10.1. The number of hydrogen-bond acceptors (Lipinski definition) is 6. The van der Waals surface area contributed by atoms with Crippen LogP contribution in [0.4, 0.5) is 5.69 Å². The Labute approximate surface area is 240 Å². The van der Waals surface area contributed by atoms with Crippen LogP contribution in [0.1, 0.15) is 21.9 Å². The SMILES string of the molecule is O=C1C2Sc3[nH]c(=O)sc3[C@H](c3cc(Cl)ccc3OCc3cccc(Cl)c3)C2C(=O)N1c1ccc(Cl)cc1. The van der Waals surface area contributed by atoms with Crippen LogP contribution < -0.4 is 14.5 Å². The summed E-state index contributed by atoms with van der Waals surface area (Å²) in [5.41, 5.74) is 1.94. The van der Waals surface area contributed by atoms with Crippen molar-refractivity contribution in [3.8, 4) is 5.75 Å². The first kappa shape index (κ1) is 25.5. The van der Waals surface area contributed by atoms with E-state index in [1.807, 2.05) is 18.2 Å². The zero-order valence-corrected chi connectivity index (χ0v) is 23.2. The lowest BCUT2D eigenvalue weighted by Crippen LogP contribution is -2.32. The number of thiazole rings is 1. The Hall–Kier alpha value is -2.75. The van der Waals surface area contributed by atoms with Crippen molar-refractivity contribution < 1.29 is 14.3 Å². The van der Waals surface area contributed by atoms with Crippen molar-refractivity contribution in [3.05, 3.63) is 107 Å². The molecule has 3 aromatic carbocycles. The molecule has 0 bridgehead atoms. The van der Waals surface area contributed by atoms with Crippen LogP contribution in [-0.2, 0) is 16.2 Å². The van der Waals surface area contributed by atoms with E-state index >= 15 is 0 Å². The number of nitrogens with zero attached hydrogens (tertiary/aromatic N) is 1. The maximum Gasteiger partial charge on any atom is 0.305 e. The van der Waals surface area contributed by atoms with Gasteiger partial charge in [0.2, 0.25) is 11.8 Å². The summed E-state index contributed by atoms with van der Waals surface area (Å²) in [4.78, 5) is 44.4. The number of carbonyl (C=O) groups excluding carboxylic acids is 2. The fourth-order valence-electron chi connectivity index (χ4n) is 4.88. The molecule has 0 radical (unpaired) electrons. The van der Waals surface area contributed by atoms with Gasteiger partial charge in [-0.15, -0.1) is 0 Å². The summed E-state index contributed by atoms with van der Waals surface area (Å²) in [6.07, 6.45) is 0. The Balaban J connectivity index is 1.45. The normalized spacial score (nSPS) is 20.4. The van der Waals surface area contributed by atoms with Gasteiger partial charge >= 0.3 is 4.87 Å². The van der Waals surface area contributed by atoms with Crippen molar-refractivity contribution in [2.24, 2.45) is 5.92 Å². The van der Waals surface area contributed by atoms with Crippen molar-refractivity contribution in [3.63, 3.8) is 0 Å². The summed E-state index contributed by atoms with van der Waals surface area (Å²) < 4.78 is 6.21. The molecular formula is C27H17Cl3N2O4S2. The molecule has 1 saturated heterocycles.